The van der Waals surface area contributed by atoms with Gasteiger partial charge in [-0.15, -0.1) is 0 Å². The lowest BCUT2D eigenvalue weighted by molar-refractivity contribution is 0.101. The highest BCUT2D eigenvalue weighted by atomic mass is 35.5. The van der Waals surface area contributed by atoms with Crippen LogP contribution in [0.5, 0.6) is 5.75 Å². The number of methoxy groups -OCH3 is 1. The number of ether oxygens (including phenoxy) is 1. The molecule has 4 heteroatoms. The van der Waals surface area contributed by atoms with E-state index >= 15 is 0 Å². The van der Waals surface area contributed by atoms with E-state index < -0.39 is 0 Å². The average molecular weight is 266 g/mol. The van der Waals surface area contributed by atoms with Crippen molar-refractivity contribution in [3.8, 4) is 5.75 Å². The molecule has 18 heavy (non-hydrogen) atoms. The minimum atomic E-state index is -0.0203. The number of ketones is 1. The SMILES string of the molecule is CCCn1c(Cl)c(C(C)=O)c2cc(OC)ccc21. The highest BCUT2D eigenvalue weighted by Crippen LogP contribution is 2.33. The number of rotatable bonds is 4. The normalized spacial score (nSPS) is 10.9. The number of carbonyl (C=O) groups is 1. The number of aromatic nitrogens is 1. The van der Waals surface area contributed by atoms with Crippen molar-refractivity contribution >= 4 is 28.3 Å². The number of fused-ring (bicyclic) bond motifs is 1. The Kier molecular flexibility index (Phi) is 3.62. The molecule has 1 aromatic carbocycles. The molecule has 0 amide bonds. The molecular formula is C14H16ClNO2. The Morgan fingerprint density at radius 2 is 2.17 bits per heavy atom. The Hall–Kier alpha value is -1.48. The van der Waals surface area contributed by atoms with Gasteiger partial charge in [-0.1, -0.05) is 18.5 Å². The van der Waals surface area contributed by atoms with Crippen LogP contribution in [0, 0.1) is 0 Å². The van der Waals surface area contributed by atoms with Gasteiger partial charge in [0.15, 0.2) is 5.78 Å². The lowest BCUT2D eigenvalue weighted by atomic mass is 10.1. The number of hydrogen-bond donors (Lipinski definition) is 0. The number of hydrogen-bond acceptors (Lipinski definition) is 2. The number of halogens is 1. The Morgan fingerprint density at radius 1 is 1.44 bits per heavy atom. The van der Waals surface area contributed by atoms with E-state index in [2.05, 4.69) is 6.92 Å². The van der Waals surface area contributed by atoms with E-state index in [1.165, 1.54) is 6.92 Å². The summed E-state index contributed by atoms with van der Waals surface area (Å²) in [5.74, 6) is 0.712. The molecule has 0 bridgehead atoms. The van der Waals surface area contributed by atoms with Gasteiger partial charge in [-0.05, 0) is 31.5 Å². The number of aryl methyl sites for hydroxylation is 1. The fourth-order valence-electron chi connectivity index (χ4n) is 2.21. The summed E-state index contributed by atoms with van der Waals surface area (Å²) in [5.41, 5.74) is 1.56. The van der Waals surface area contributed by atoms with Crippen LogP contribution in [0.25, 0.3) is 10.9 Å². The first kappa shape index (κ1) is 13.0. The van der Waals surface area contributed by atoms with E-state index in [1.54, 1.807) is 7.11 Å². The van der Waals surface area contributed by atoms with Crippen LogP contribution in [0.15, 0.2) is 18.2 Å². The second-order valence-electron chi connectivity index (χ2n) is 4.26. The van der Waals surface area contributed by atoms with Crippen molar-refractivity contribution in [2.75, 3.05) is 7.11 Å². The number of carbonyl (C=O) groups excluding carboxylic acids is 1. The van der Waals surface area contributed by atoms with Crippen molar-refractivity contribution in [3.63, 3.8) is 0 Å². The molecule has 96 valence electrons. The van der Waals surface area contributed by atoms with Crippen LogP contribution in [-0.2, 0) is 6.54 Å². The molecule has 0 aliphatic rings. The predicted octanol–water partition coefficient (Wildman–Crippen LogP) is 3.92. The molecule has 1 aromatic heterocycles. The van der Waals surface area contributed by atoms with Crippen LogP contribution in [0.2, 0.25) is 5.15 Å². The van der Waals surface area contributed by atoms with E-state index in [0.29, 0.717) is 10.7 Å². The zero-order valence-electron chi connectivity index (χ0n) is 10.8. The first-order valence-electron chi connectivity index (χ1n) is 5.96. The second-order valence-corrected chi connectivity index (χ2v) is 4.61. The van der Waals surface area contributed by atoms with Crippen LogP contribution in [-0.4, -0.2) is 17.5 Å². The van der Waals surface area contributed by atoms with Crippen LogP contribution < -0.4 is 4.74 Å². The summed E-state index contributed by atoms with van der Waals surface area (Å²) in [5, 5.41) is 1.38. The van der Waals surface area contributed by atoms with Gasteiger partial charge in [0.2, 0.25) is 0 Å². The molecule has 3 nitrogen and oxygen atoms in total. The van der Waals surface area contributed by atoms with Crippen molar-refractivity contribution < 1.29 is 9.53 Å². The Morgan fingerprint density at radius 3 is 2.72 bits per heavy atom. The number of nitrogens with zero attached hydrogens (tertiary/aromatic N) is 1. The molecule has 0 saturated carbocycles. The molecular weight excluding hydrogens is 250 g/mol. The van der Waals surface area contributed by atoms with E-state index in [0.717, 1.165) is 29.6 Å². The summed E-state index contributed by atoms with van der Waals surface area (Å²) in [6, 6.07) is 5.70. The minimum absolute atomic E-state index is 0.0203. The topological polar surface area (TPSA) is 31.2 Å². The third-order valence-corrected chi connectivity index (χ3v) is 3.40. The molecule has 0 saturated heterocycles. The molecule has 2 aromatic rings. The zero-order valence-corrected chi connectivity index (χ0v) is 11.5. The third kappa shape index (κ3) is 1.99. The number of benzene rings is 1. The minimum Gasteiger partial charge on any atom is -0.497 e. The standard InChI is InChI=1S/C14H16ClNO2/c1-4-7-16-12-6-5-10(18-3)8-11(12)13(9(2)17)14(16)15/h5-6,8H,4,7H2,1-3H3. The van der Waals surface area contributed by atoms with E-state index in [-0.39, 0.29) is 5.78 Å². The lowest BCUT2D eigenvalue weighted by Gasteiger charge is -2.05. The summed E-state index contributed by atoms with van der Waals surface area (Å²) in [6.07, 6.45) is 0.965. The monoisotopic (exact) mass is 265 g/mol. The fraction of sp³-hybridized carbons (Fsp3) is 0.357. The molecule has 0 aliphatic heterocycles. The maximum atomic E-state index is 11.8. The van der Waals surface area contributed by atoms with Gasteiger partial charge in [0, 0.05) is 11.9 Å². The van der Waals surface area contributed by atoms with Crippen LogP contribution in [0.4, 0.5) is 0 Å². The van der Waals surface area contributed by atoms with Crippen molar-refractivity contribution in [1.29, 1.82) is 0 Å². The molecule has 0 spiro atoms. The van der Waals surface area contributed by atoms with E-state index in [1.807, 2.05) is 22.8 Å². The highest BCUT2D eigenvalue weighted by Gasteiger charge is 2.18. The summed E-state index contributed by atoms with van der Waals surface area (Å²) in [7, 11) is 1.61. The van der Waals surface area contributed by atoms with Gasteiger partial charge in [-0.3, -0.25) is 4.79 Å². The van der Waals surface area contributed by atoms with Crippen LogP contribution in [0.3, 0.4) is 0 Å². The first-order chi connectivity index (χ1) is 8.60. The summed E-state index contributed by atoms with van der Waals surface area (Å²) >= 11 is 6.32. The van der Waals surface area contributed by atoms with Gasteiger partial charge in [-0.2, -0.15) is 0 Å². The van der Waals surface area contributed by atoms with Gasteiger partial charge >= 0.3 is 0 Å². The maximum absolute atomic E-state index is 11.8. The summed E-state index contributed by atoms with van der Waals surface area (Å²) in [6.45, 7) is 4.42. The van der Waals surface area contributed by atoms with Gasteiger partial charge < -0.3 is 9.30 Å². The van der Waals surface area contributed by atoms with Crippen molar-refractivity contribution in [2.24, 2.45) is 0 Å². The maximum Gasteiger partial charge on any atom is 0.163 e. The van der Waals surface area contributed by atoms with Gasteiger partial charge in [0.1, 0.15) is 10.9 Å². The van der Waals surface area contributed by atoms with E-state index in [9.17, 15) is 4.79 Å². The summed E-state index contributed by atoms with van der Waals surface area (Å²) < 4.78 is 7.18. The van der Waals surface area contributed by atoms with Crippen molar-refractivity contribution in [2.45, 2.75) is 26.8 Å². The Balaban J connectivity index is 2.79. The Bertz CT molecular complexity index is 601. The average Bonchev–Trinajstić information content (AvgIpc) is 2.62. The van der Waals surface area contributed by atoms with Crippen molar-refractivity contribution in [3.05, 3.63) is 28.9 Å². The molecule has 0 atom stereocenters. The second kappa shape index (κ2) is 5.02. The molecule has 1 heterocycles. The molecule has 2 rings (SSSR count). The van der Waals surface area contributed by atoms with E-state index in [4.69, 9.17) is 16.3 Å². The van der Waals surface area contributed by atoms with Gasteiger partial charge in [-0.25, -0.2) is 0 Å². The predicted molar refractivity (Wildman–Crippen MR) is 73.8 cm³/mol. The molecule has 0 unspecified atom stereocenters. The van der Waals surface area contributed by atoms with Crippen LogP contribution >= 0.6 is 11.6 Å². The molecule has 0 fully saturated rings. The summed E-state index contributed by atoms with van der Waals surface area (Å²) in [4.78, 5) is 11.8. The zero-order chi connectivity index (χ0) is 13.3. The van der Waals surface area contributed by atoms with Crippen molar-refractivity contribution in [1.82, 2.24) is 4.57 Å². The van der Waals surface area contributed by atoms with Crippen LogP contribution in [0.1, 0.15) is 30.6 Å². The van der Waals surface area contributed by atoms with Gasteiger partial charge in [0.25, 0.3) is 0 Å². The fourth-order valence-corrected chi connectivity index (χ4v) is 2.62. The largest absolute Gasteiger partial charge is 0.497 e. The quantitative estimate of drug-likeness (QED) is 0.785. The molecule has 0 aliphatic carbocycles. The lowest BCUT2D eigenvalue weighted by Crippen LogP contribution is -1.97. The first-order valence-corrected chi connectivity index (χ1v) is 6.34. The number of Topliss-reactive ketones (excluding diaryl/α,β-unsaturated/α-hetero) is 1. The highest BCUT2D eigenvalue weighted by molar-refractivity contribution is 6.35. The molecule has 0 radical (unpaired) electrons. The Labute approximate surface area is 111 Å². The molecule has 0 N–H and O–H groups in total. The van der Waals surface area contributed by atoms with Gasteiger partial charge in [0.05, 0.1) is 18.2 Å². The third-order valence-electron chi connectivity index (χ3n) is 3.01. The smallest absolute Gasteiger partial charge is 0.163 e.